The Kier molecular flexibility index (Phi) is 6.75. The molecule has 4 heterocycles. The van der Waals surface area contributed by atoms with E-state index in [0.717, 1.165) is 63.0 Å². The maximum Gasteiger partial charge on any atom is 0.490 e. The molecule has 0 aromatic carbocycles. The summed E-state index contributed by atoms with van der Waals surface area (Å²) >= 11 is 0. The van der Waals surface area contributed by atoms with Gasteiger partial charge in [0, 0.05) is 26.1 Å². The number of carboxylic acids is 1. The zero-order valence-electron chi connectivity index (χ0n) is 16.1. The molecule has 0 unspecified atom stereocenters. The number of fused-ring (bicyclic) bond motifs is 1. The van der Waals surface area contributed by atoms with Gasteiger partial charge in [-0.3, -0.25) is 9.69 Å². The molecule has 1 N–H and O–H groups in total. The van der Waals surface area contributed by atoms with Crippen molar-refractivity contribution in [2.45, 2.75) is 51.6 Å². The monoisotopic (exact) mass is 429 g/mol. The van der Waals surface area contributed by atoms with Crippen molar-refractivity contribution < 1.29 is 32.3 Å². The Bertz CT molecular complexity index is 866. The summed E-state index contributed by atoms with van der Waals surface area (Å²) in [5.41, 5.74) is 0. The molecule has 0 bridgehead atoms. The second-order valence-electron chi connectivity index (χ2n) is 7.05. The molecule has 12 heteroatoms. The van der Waals surface area contributed by atoms with E-state index in [9.17, 15) is 18.0 Å². The number of hydrogen-bond acceptors (Lipinski definition) is 6. The molecular weight excluding hydrogens is 407 g/mol. The van der Waals surface area contributed by atoms with Crippen molar-refractivity contribution in [1.29, 1.82) is 0 Å². The van der Waals surface area contributed by atoms with Crippen LogP contribution in [0.2, 0.25) is 0 Å². The summed E-state index contributed by atoms with van der Waals surface area (Å²) in [6.45, 7) is 4.90. The highest BCUT2D eigenvalue weighted by molar-refractivity contribution is 5.77. The molecule has 1 fully saturated rings. The zero-order chi connectivity index (χ0) is 21.7. The minimum absolute atomic E-state index is 0.232. The maximum atomic E-state index is 11.8. The number of halogens is 3. The number of nitrogens with zero attached hydrogens (tertiary/aromatic N) is 5. The summed E-state index contributed by atoms with van der Waals surface area (Å²) in [5, 5.41) is 15.8. The first-order valence-corrected chi connectivity index (χ1v) is 9.47. The van der Waals surface area contributed by atoms with E-state index < -0.39 is 12.1 Å². The van der Waals surface area contributed by atoms with E-state index in [0.29, 0.717) is 13.0 Å². The molecule has 1 amide bonds. The molecule has 164 valence electrons. The highest BCUT2D eigenvalue weighted by atomic mass is 19.4. The normalized spacial score (nSPS) is 17.3. The number of aromatic nitrogens is 3. The highest BCUT2D eigenvalue weighted by Crippen LogP contribution is 2.18. The summed E-state index contributed by atoms with van der Waals surface area (Å²) in [5.74, 6) is 0.342. The number of likely N-dealkylation sites (tertiary alicyclic amines) is 1. The third-order valence-electron chi connectivity index (χ3n) is 4.83. The van der Waals surface area contributed by atoms with Crippen molar-refractivity contribution >= 4 is 11.9 Å². The Morgan fingerprint density at radius 2 is 1.93 bits per heavy atom. The van der Waals surface area contributed by atoms with Crippen molar-refractivity contribution in [3.05, 3.63) is 35.8 Å². The van der Waals surface area contributed by atoms with Gasteiger partial charge in [-0.15, -0.1) is 10.2 Å². The lowest BCUT2D eigenvalue weighted by Crippen LogP contribution is -2.26. The second kappa shape index (κ2) is 9.28. The molecule has 0 radical (unpaired) electrons. The van der Waals surface area contributed by atoms with Crippen LogP contribution in [-0.4, -0.2) is 60.8 Å². The van der Waals surface area contributed by atoms with E-state index in [1.807, 2.05) is 17.0 Å². The van der Waals surface area contributed by atoms with Crippen LogP contribution in [0.5, 0.6) is 0 Å². The molecule has 0 spiro atoms. The quantitative estimate of drug-likeness (QED) is 0.793. The van der Waals surface area contributed by atoms with Gasteiger partial charge in [-0.2, -0.15) is 13.2 Å². The van der Waals surface area contributed by atoms with Gasteiger partial charge in [0.2, 0.25) is 5.91 Å². The summed E-state index contributed by atoms with van der Waals surface area (Å²) in [6.07, 6.45) is -0.706. The molecular formula is C18H22F3N5O4. The fourth-order valence-electron chi connectivity index (χ4n) is 3.40. The number of furan rings is 1. The van der Waals surface area contributed by atoms with E-state index in [4.69, 9.17) is 14.3 Å². The molecule has 2 aliphatic heterocycles. The van der Waals surface area contributed by atoms with Gasteiger partial charge in [0.05, 0.1) is 25.9 Å². The third-order valence-corrected chi connectivity index (χ3v) is 4.83. The number of carboxylic acid groups (broad SMARTS) is 1. The summed E-state index contributed by atoms with van der Waals surface area (Å²) < 4.78 is 39.4. The van der Waals surface area contributed by atoms with E-state index in [1.165, 1.54) is 0 Å². The first-order valence-electron chi connectivity index (χ1n) is 9.47. The summed E-state index contributed by atoms with van der Waals surface area (Å²) in [7, 11) is 0. The number of aliphatic carboxylic acids is 1. The average molecular weight is 429 g/mol. The number of carbonyl (C=O) groups is 2. The van der Waals surface area contributed by atoms with Crippen LogP contribution in [-0.2, 0) is 35.8 Å². The summed E-state index contributed by atoms with van der Waals surface area (Å²) in [6, 6.07) is 3.92. The lowest BCUT2D eigenvalue weighted by atomic mass is 10.3. The Morgan fingerprint density at radius 1 is 1.17 bits per heavy atom. The van der Waals surface area contributed by atoms with Gasteiger partial charge < -0.3 is 19.0 Å². The van der Waals surface area contributed by atoms with Gasteiger partial charge in [0.25, 0.3) is 0 Å². The SMILES string of the molecule is O=C(O)C(F)(F)F.O=C1CCCN1Cc1nnc2n1CCCN(Cc1ccco1)C2. The predicted octanol–water partition coefficient (Wildman–Crippen LogP) is 2.03. The molecule has 0 saturated carbocycles. The minimum atomic E-state index is -5.08. The van der Waals surface area contributed by atoms with Crippen LogP contribution >= 0.6 is 0 Å². The topological polar surface area (TPSA) is 105 Å². The van der Waals surface area contributed by atoms with Crippen LogP contribution in [0.4, 0.5) is 13.2 Å². The fourth-order valence-corrected chi connectivity index (χ4v) is 3.40. The molecule has 30 heavy (non-hydrogen) atoms. The van der Waals surface area contributed by atoms with Crippen LogP contribution in [0.3, 0.4) is 0 Å². The molecule has 2 aromatic heterocycles. The van der Waals surface area contributed by atoms with Crippen LogP contribution in [0.1, 0.15) is 36.7 Å². The largest absolute Gasteiger partial charge is 0.490 e. The molecule has 9 nitrogen and oxygen atoms in total. The van der Waals surface area contributed by atoms with Crippen LogP contribution in [0.25, 0.3) is 0 Å². The molecule has 4 rings (SSSR count). The Balaban J connectivity index is 0.000000318. The smallest absolute Gasteiger partial charge is 0.475 e. The first-order chi connectivity index (χ1) is 14.2. The Labute approximate surface area is 170 Å². The Morgan fingerprint density at radius 3 is 2.53 bits per heavy atom. The Hall–Kier alpha value is -2.89. The zero-order valence-corrected chi connectivity index (χ0v) is 16.1. The van der Waals surface area contributed by atoms with Crippen LogP contribution < -0.4 is 0 Å². The molecule has 1 saturated heterocycles. The van der Waals surface area contributed by atoms with Crippen LogP contribution in [0, 0.1) is 0 Å². The van der Waals surface area contributed by atoms with Crippen molar-refractivity contribution in [3.63, 3.8) is 0 Å². The van der Waals surface area contributed by atoms with Gasteiger partial charge >= 0.3 is 12.1 Å². The van der Waals surface area contributed by atoms with E-state index >= 15 is 0 Å². The van der Waals surface area contributed by atoms with E-state index in [1.54, 1.807) is 6.26 Å². The molecule has 0 atom stereocenters. The first kappa shape index (κ1) is 21.8. The van der Waals surface area contributed by atoms with Gasteiger partial charge in [-0.25, -0.2) is 4.79 Å². The van der Waals surface area contributed by atoms with Crippen molar-refractivity contribution in [2.24, 2.45) is 0 Å². The average Bonchev–Trinajstić information content (AvgIpc) is 3.37. The number of carbonyl (C=O) groups excluding carboxylic acids is 1. The minimum Gasteiger partial charge on any atom is -0.475 e. The number of alkyl halides is 3. The third kappa shape index (κ3) is 5.59. The summed E-state index contributed by atoms with van der Waals surface area (Å²) in [4.78, 5) is 24.9. The lowest BCUT2D eigenvalue weighted by Gasteiger charge is -2.17. The van der Waals surface area contributed by atoms with Crippen LogP contribution in [0.15, 0.2) is 22.8 Å². The molecule has 2 aromatic rings. The number of rotatable bonds is 4. The standard InChI is InChI=1S/C16H21N5O2.C2HF3O2/c22-16-5-1-7-20(16)12-15-18-17-14-11-19(6-3-8-21(14)15)10-13-4-2-9-23-13;3-2(4,5)1(6)7/h2,4,9H,1,3,5-8,10-12H2;(H,6,7). The van der Waals surface area contributed by atoms with Gasteiger partial charge in [0.15, 0.2) is 5.82 Å². The predicted molar refractivity (Wildman–Crippen MR) is 95.8 cm³/mol. The fraction of sp³-hybridized carbons (Fsp3) is 0.556. The molecule has 2 aliphatic rings. The molecule has 0 aliphatic carbocycles. The maximum absolute atomic E-state index is 11.8. The highest BCUT2D eigenvalue weighted by Gasteiger charge is 2.38. The van der Waals surface area contributed by atoms with Gasteiger partial charge in [-0.1, -0.05) is 0 Å². The van der Waals surface area contributed by atoms with E-state index in [-0.39, 0.29) is 5.91 Å². The van der Waals surface area contributed by atoms with Gasteiger partial charge in [0.1, 0.15) is 11.6 Å². The van der Waals surface area contributed by atoms with E-state index in [2.05, 4.69) is 19.7 Å². The lowest BCUT2D eigenvalue weighted by molar-refractivity contribution is -0.192. The second-order valence-corrected chi connectivity index (χ2v) is 7.05. The number of amides is 1. The van der Waals surface area contributed by atoms with Crippen molar-refractivity contribution in [1.82, 2.24) is 24.6 Å². The van der Waals surface area contributed by atoms with Crippen molar-refractivity contribution in [2.75, 3.05) is 13.1 Å². The number of hydrogen-bond donors (Lipinski definition) is 1. The van der Waals surface area contributed by atoms with Crippen molar-refractivity contribution in [3.8, 4) is 0 Å². The van der Waals surface area contributed by atoms with Gasteiger partial charge in [-0.05, 0) is 25.0 Å².